The molecule has 0 unspecified atom stereocenters. The van der Waals surface area contributed by atoms with Crippen molar-refractivity contribution >= 4 is 11.9 Å². The summed E-state index contributed by atoms with van der Waals surface area (Å²) in [5.41, 5.74) is 6.17. The number of alkyl carbamates (subject to hydrolysis) is 1. The molecule has 1 aliphatic rings. The van der Waals surface area contributed by atoms with Crippen LogP contribution >= 0.6 is 0 Å². The highest BCUT2D eigenvalue weighted by molar-refractivity contribution is 5.86. The van der Waals surface area contributed by atoms with E-state index in [1.807, 2.05) is 37.8 Å². The zero-order valence-electron chi connectivity index (χ0n) is 13.6. The van der Waals surface area contributed by atoms with Crippen molar-refractivity contribution in [1.82, 2.24) is 15.2 Å². The summed E-state index contributed by atoms with van der Waals surface area (Å²) in [6.07, 6.45) is 2.87. The van der Waals surface area contributed by atoms with Gasteiger partial charge in [0.15, 0.2) is 5.84 Å². The highest BCUT2D eigenvalue weighted by atomic mass is 16.6. The number of amides is 1. The number of oxime groups is 1. The van der Waals surface area contributed by atoms with Gasteiger partial charge in [0, 0.05) is 25.5 Å². The minimum Gasteiger partial charge on any atom is -0.444 e. The quantitative estimate of drug-likeness (QED) is 0.331. The second kappa shape index (κ2) is 6.82. The summed E-state index contributed by atoms with van der Waals surface area (Å²) in [5.74, 6) is 0.104. The van der Waals surface area contributed by atoms with Gasteiger partial charge in [0.1, 0.15) is 5.60 Å². The topological polar surface area (TPSA) is 113 Å². The molecule has 2 rings (SSSR count). The summed E-state index contributed by atoms with van der Waals surface area (Å²) in [7, 11) is 0. The van der Waals surface area contributed by atoms with Crippen molar-refractivity contribution < 1.29 is 14.7 Å². The third kappa shape index (κ3) is 4.56. The van der Waals surface area contributed by atoms with Crippen LogP contribution in [0.3, 0.4) is 0 Å². The van der Waals surface area contributed by atoms with Crippen LogP contribution in [-0.4, -0.2) is 51.8 Å². The van der Waals surface area contributed by atoms with E-state index in [9.17, 15) is 4.79 Å². The lowest BCUT2D eigenvalue weighted by Crippen LogP contribution is -2.62. The first kappa shape index (κ1) is 17.0. The number of pyridine rings is 1. The summed E-state index contributed by atoms with van der Waals surface area (Å²) in [4.78, 5) is 17.7. The molecular weight excluding hydrogens is 298 g/mol. The van der Waals surface area contributed by atoms with Crippen LogP contribution in [0.5, 0.6) is 0 Å². The Bertz CT molecular complexity index is 564. The molecule has 1 atom stereocenters. The van der Waals surface area contributed by atoms with Gasteiger partial charge in [-0.15, -0.1) is 0 Å². The van der Waals surface area contributed by atoms with Crippen molar-refractivity contribution in [2.45, 2.75) is 38.5 Å². The lowest BCUT2D eigenvalue weighted by molar-refractivity contribution is 0.0372. The van der Waals surface area contributed by atoms with Gasteiger partial charge in [0.2, 0.25) is 0 Å². The van der Waals surface area contributed by atoms with Gasteiger partial charge in [-0.3, -0.25) is 9.88 Å². The fourth-order valence-corrected chi connectivity index (χ4v) is 2.46. The SMILES string of the molecule is CC(C)(C)OC(=O)NC1CN([C@@H](C(N)=NO)c2ccncc2)C1. The fourth-order valence-electron chi connectivity index (χ4n) is 2.46. The number of amidine groups is 1. The summed E-state index contributed by atoms with van der Waals surface area (Å²) in [6, 6.07) is 3.26. The van der Waals surface area contributed by atoms with Gasteiger partial charge >= 0.3 is 6.09 Å². The molecule has 8 heteroatoms. The lowest BCUT2D eigenvalue weighted by atomic mass is 9.99. The molecule has 1 amide bonds. The third-order valence-electron chi connectivity index (χ3n) is 3.41. The van der Waals surface area contributed by atoms with Gasteiger partial charge in [-0.25, -0.2) is 4.79 Å². The molecule has 1 aliphatic heterocycles. The van der Waals surface area contributed by atoms with Crippen molar-refractivity contribution in [2.75, 3.05) is 13.1 Å². The minimum absolute atomic E-state index is 0.0271. The maximum absolute atomic E-state index is 11.7. The predicted molar refractivity (Wildman–Crippen MR) is 85.1 cm³/mol. The molecule has 0 aromatic carbocycles. The zero-order chi connectivity index (χ0) is 17.0. The Morgan fingerprint density at radius 2 is 2.09 bits per heavy atom. The molecular formula is C15H23N5O3. The van der Waals surface area contributed by atoms with Crippen molar-refractivity contribution in [2.24, 2.45) is 10.9 Å². The van der Waals surface area contributed by atoms with Crippen LogP contribution in [0.2, 0.25) is 0 Å². The highest BCUT2D eigenvalue weighted by Gasteiger charge is 2.36. The van der Waals surface area contributed by atoms with E-state index < -0.39 is 11.7 Å². The summed E-state index contributed by atoms with van der Waals surface area (Å²) in [6.45, 7) is 6.62. The number of hydrogen-bond acceptors (Lipinski definition) is 6. The molecule has 126 valence electrons. The number of nitrogens with zero attached hydrogens (tertiary/aromatic N) is 3. The molecule has 0 radical (unpaired) electrons. The largest absolute Gasteiger partial charge is 0.444 e. The number of aromatic nitrogens is 1. The first-order chi connectivity index (χ1) is 10.8. The molecule has 1 fully saturated rings. The van der Waals surface area contributed by atoms with Crippen molar-refractivity contribution in [1.29, 1.82) is 0 Å². The Labute approximate surface area is 135 Å². The van der Waals surface area contributed by atoms with Crippen LogP contribution in [0.1, 0.15) is 32.4 Å². The minimum atomic E-state index is -0.527. The fraction of sp³-hybridized carbons (Fsp3) is 0.533. The maximum Gasteiger partial charge on any atom is 0.407 e. The molecule has 0 saturated carbocycles. The molecule has 2 heterocycles. The Balaban J connectivity index is 1.94. The molecule has 4 N–H and O–H groups in total. The smallest absolute Gasteiger partial charge is 0.407 e. The van der Waals surface area contributed by atoms with Crippen molar-refractivity contribution in [3.63, 3.8) is 0 Å². The normalized spacial score (nSPS) is 18.1. The summed E-state index contributed by atoms with van der Waals surface area (Å²) >= 11 is 0. The van der Waals surface area contributed by atoms with Crippen LogP contribution in [0, 0.1) is 0 Å². The van der Waals surface area contributed by atoms with E-state index in [1.165, 1.54) is 0 Å². The third-order valence-corrected chi connectivity index (χ3v) is 3.41. The van der Waals surface area contributed by atoms with E-state index in [2.05, 4.69) is 15.5 Å². The monoisotopic (exact) mass is 321 g/mol. The van der Waals surface area contributed by atoms with Gasteiger partial charge in [-0.1, -0.05) is 5.16 Å². The van der Waals surface area contributed by atoms with E-state index in [-0.39, 0.29) is 17.9 Å². The van der Waals surface area contributed by atoms with Crippen LogP contribution in [-0.2, 0) is 4.74 Å². The number of carbonyl (C=O) groups excluding carboxylic acids is 1. The Kier molecular flexibility index (Phi) is 5.05. The molecule has 23 heavy (non-hydrogen) atoms. The van der Waals surface area contributed by atoms with Gasteiger partial charge < -0.3 is 21.0 Å². The average Bonchev–Trinajstić information content (AvgIpc) is 2.43. The predicted octanol–water partition coefficient (Wildman–Crippen LogP) is 1.08. The molecule has 0 spiro atoms. The lowest BCUT2D eigenvalue weighted by Gasteiger charge is -2.44. The zero-order valence-corrected chi connectivity index (χ0v) is 13.6. The van der Waals surface area contributed by atoms with Crippen LogP contribution in [0.25, 0.3) is 0 Å². The summed E-state index contributed by atoms with van der Waals surface area (Å²) < 4.78 is 5.23. The van der Waals surface area contributed by atoms with Gasteiger partial charge in [-0.05, 0) is 38.5 Å². The Hall–Kier alpha value is -2.35. The average molecular weight is 321 g/mol. The maximum atomic E-state index is 11.7. The first-order valence-electron chi connectivity index (χ1n) is 7.41. The van der Waals surface area contributed by atoms with Crippen LogP contribution < -0.4 is 11.1 Å². The number of nitrogens with one attached hydrogen (secondary N) is 1. The molecule has 1 aromatic rings. The van der Waals surface area contributed by atoms with Crippen LogP contribution in [0.4, 0.5) is 4.79 Å². The van der Waals surface area contributed by atoms with E-state index in [1.54, 1.807) is 12.4 Å². The number of hydrogen-bond donors (Lipinski definition) is 3. The number of rotatable bonds is 4. The molecule has 0 bridgehead atoms. The number of carbonyl (C=O) groups is 1. The second-order valence-electron chi connectivity index (χ2n) is 6.51. The number of likely N-dealkylation sites (tertiary alicyclic amines) is 1. The number of ether oxygens (including phenoxy) is 1. The van der Waals surface area contributed by atoms with E-state index in [0.717, 1.165) is 5.56 Å². The first-order valence-corrected chi connectivity index (χ1v) is 7.41. The molecule has 8 nitrogen and oxygen atoms in total. The standard InChI is InChI=1S/C15H23N5O3/c1-15(2,3)23-14(21)18-11-8-20(9-11)12(13(16)19-22)10-4-6-17-7-5-10/h4-7,11-12,22H,8-9H2,1-3H3,(H2,16,19)(H,18,21)/t12-/m1/s1. The Morgan fingerprint density at radius 3 is 2.61 bits per heavy atom. The van der Waals surface area contributed by atoms with Crippen LogP contribution in [0.15, 0.2) is 29.7 Å². The van der Waals surface area contributed by atoms with E-state index in [0.29, 0.717) is 13.1 Å². The number of nitrogens with two attached hydrogens (primary N) is 1. The highest BCUT2D eigenvalue weighted by Crippen LogP contribution is 2.26. The molecule has 1 aromatic heterocycles. The molecule has 0 aliphatic carbocycles. The Morgan fingerprint density at radius 1 is 1.48 bits per heavy atom. The second-order valence-corrected chi connectivity index (χ2v) is 6.51. The summed E-state index contributed by atoms with van der Waals surface area (Å²) in [5, 5.41) is 14.9. The van der Waals surface area contributed by atoms with Crippen molar-refractivity contribution in [3.8, 4) is 0 Å². The molecule has 1 saturated heterocycles. The van der Waals surface area contributed by atoms with Gasteiger partial charge in [0.05, 0.1) is 12.1 Å². The van der Waals surface area contributed by atoms with E-state index >= 15 is 0 Å². The van der Waals surface area contributed by atoms with Crippen molar-refractivity contribution in [3.05, 3.63) is 30.1 Å². The van der Waals surface area contributed by atoms with E-state index in [4.69, 9.17) is 15.7 Å². The van der Waals surface area contributed by atoms with Gasteiger partial charge in [0.25, 0.3) is 0 Å². The van der Waals surface area contributed by atoms with Gasteiger partial charge in [-0.2, -0.15) is 0 Å².